The lowest BCUT2D eigenvalue weighted by molar-refractivity contribution is -0.147. The number of nitrogens with one attached hydrogen (secondary N) is 1. The molecule has 0 heterocycles. The summed E-state index contributed by atoms with van der Waals surface area (Å²) >= 11 is 0. The number of carbonyl (C=O) groups is 2. The fourth-order valence-corrected chi connectivity index (χ4v) is 5.48. The van der Waals surface area contributed by atoms with E-state index in [9.17, 15) is 24.2 Å². The first-order valence-electron chi connectivity index (χ1n) is 20.2. The first kappa shape index (κ1) is 50.9. The maximum atomic E-state index is 12.0. The molecule has 0 spiro atoms. The summed E-state index contributed by atoms with van der Waals surface area (Å²) in [5.41, 5.74) is 0. The van der Waals surface area contributed by atoms with Gasteiger partial charge in [0.2, 0.25) is 5.91 Å². The van der Waals surface area contributed by atoms with E-state index in [1.165, 1.54) is 12.8 Å². The summed E-state index contributed by atoms with van der Waals surface area (Å²) in [5.74, 6) is -0.599. The Morgan fingerprint density at radius 1 is 0.593 bits per heavy atom. The summed E-state index contributed by atoms with van der Waals surface area (Å²) in [4.78, 5) is 33.7. The van der Waals surface area contributed by atoms with Crippen LogP contribution in [0, 0.1) is 0 Å². The highest BCUT2D eigenvalue weighted by molar-refractivity contribution is 7.47. The quantitative estimate of drug-likeness (QED) is 0.0248. The molecular formula is C44H72NO8P. The van der Waals surface area contributed by atoms with Gasteiger partial charge in [0.05, 0.1) is 13.2 Å². The highest BCUT2D eigenvalue weighted by Crippen LogP contribution is 2.42. The lowest BCUT2D eigenvalue weighted by Crippen LogP contribution is -2.27. The molecule has 1 amide bonds. The van der Waals surface area contributed by atoms with Gasteiger partial charge in [-0.15, -0.1) is 0 Å². The van der Waals surface area contributed by atoms with E-state index in [0.717, 1.165) is 89.9 Å². The molecule has 0 aliphatic rings. The van der Waals surface area contributed by atoms with E-state index in [0.29, 0.717) is 12.8 Å². The second-order valence-corrected chi connectivity index (χ2v) is 14.3. The summed E-state index contributed by atoms with van der Waals surface area (Å²) in [6, 6.07) is 0. The number of aliphatic hydroxyl groups is 1. The van der Waals surface area contributed by atoms with Crippen LogP contribution in [0.2, 0.25) is 0 Å². The van der Waals surface area contributed by atoms with Crippen molar-refractivity contribution < 1.29 is 37.9 Å². The monoisotopic (exact) mass is 773 g/mol. The summed E-state index contributed by atoms with van der Waals surface area (Å²) in [6.45, 7) is 3.26. The first-order valence-corrected chi connectivity index (χ1v) is 21.7. The third-order valence-electron chi connectivity index (χ3n) is 7.73. The standard InChI is InChI=1S/C44H72NO8P/c1-3-5-7-9-11-13-15-16-17-18-19-20-21-22-23-24-25-26-27-29-31-33-35-37-44(48)51-40-42(46)41-53-54(49,50)52-39-38-45-43(47)36-34-32-30-28-14-12-10-8-6-4-2/h5,7-8,10-11,13,16-17,19-20,22-23,25-26,29,31,42,46H,3-4,6,9,12,14-15,18,21,24,27-28,30,32-41H2,1-2H3,(H,45,47)(H,49,50)/b7-5-,10-8-,13-11-,17-16-,20-19-,23-22-,26-25-,31-29-. The van der Waals surface area contributed by atoms with Gasteiger partial charge < -0.3 is 20.1 Å². The molecule has 10 heteroatoms. The largest absolute Gasteiger partial charge is 0.472 e. The van der Waals surface area contributed by atoms with Crippen molar-refractivity contribution in [3.05, 3.63) is 97.2 Å². The molecule has 0 saturated heterocycles. The molecule has 3 N–H and O–H groups in total. The van der Waals surface area contributed by atoms with Gasteiger partial charge in [0.25, 0.3) is 0 Å². The Labute approximate surface area is 327 Å². The Kier molecular flexibility index (Phi) is 37.4. The average molecular weight is 774 g/mol. The normalized spacial score (nSPS) is 14.4. The maximum absolute atomic E-state index is 12.0. The average Bonchev–Trinajstić information content (AvgIpc) is 3.16. The molecule has 0 bridgehead atoms. The van der Waals surface area contributed by atoms with Crippen LogP contribution in [0.3, 0.4) is 0 Å². The second-order valence-electron chi connectivity index (χ2n) is 12.9. The van der Waals surface area contributed by atoms with Crippen molar-refractivity contribution in [1.82, 2.24) is 5.32 Å². The van der Waals surface area contributed by atoms with Gasteiger partial charge in [-0.3, -0.25) is 18.6 Å². The number of hydrogen-bond donors (Lipinski definition) is 3. The number of rotatable bonds is 36. The molecule has 0 radical (unpaired) electrons. The molecule has 0 rings (SSSR count). The Morgan fingerprint density at radius 2 is 1.07 bits per heavy atom. The zero-order valence-corrected chi connectivity index (χ0v) is 34.3. The number of amides is 1. The topological polar surface area (TPSA) is 131 Å². The second kappa shape index (κ2) is 39.6. The lowest BCUT2D eigenvalue weighted by atomic mass is 10.1. The van der Waals surface area contributed by atoms with Crippen LogP contribution in [0.5, 0.6) is 0 Å². The Morgan fingerprint density at radius 3 is 1.65 bits per heavy atom. The fourth-order valence-electron chi connectivity index (χ4n) is 4.72. The number of aliphatic hydroxyl groups excluding tert-OH is 1. The van der Waals surface area contributed by atoms with Crippen LogP contribution in [-0.4, -0.2) is 54.3 Å². The van der Waals surface area contributed by atoms with Crippen molar-refractivity contribution in [2.45, 2.75) is 142 Å². The highest BCUT2D eigenvalue weighted by atomic mass is 31.2. The van der Waals surface area contributed by atoms with Crippen LogP contribution in [0.25, 0.3) is 0 Å². The van der Waals surface area contributed by atoms with Crippen molar-refractivity contribution in [2.24, 2.45) is 0 Å². The summed E-state index contributed by atoms with van der Waals surface area (Å²) in [7, 11) is -4.43. The van der Waals surface area contributed by atoms with E-state index in [1.54, 1.807) is 0 Å². The van der Waals surface area contributed by atoms with Gasteiger partial charge in [0, 0.05) is 19.4 Å². The Bertz CT molecular complexity index is 1200. The zero-order valence-electron chi connectivity index (χ0n) is 33.4. The van der Waals surface area contributed by atoms with Crippen molar-refractivity contribution >= 4 is 19.7 Å². The predicted octanol–water partition coefficient (Wildman–Crippen LogP) is 11.0. The van der Waals surface area contributed by atoms with Crippen molar-refractivity contribution in [3.8, 4) is 0 Å². The molecule has 0 saturated carbocycles. The van der Waals surface area contributed by atoms with E-state index in [4.69, 9.17) is 13.8 Å². The smallest absolute Gasteiger partial charge is 0.463 e. The van der Waals surface area contributed by atoms with Crippen molar-refractivity contribution in [1.29, 1.82) is 0 Å². The van der Waals surface area contributed by atoms with Gasteiger partial charge in [-0.05, 0) is 83.5 Å². The molecule has 0 aliphatic carbocycles. The molecule has 0 aliphatic heterocycles. The van der Waals surface area contributed by atoms with Gasteiger partial charge in [0.1, 0.15) is 12.7 Å². The van der Waals surface area contributed by atoms with Crippen molar-refractivity contribution in [2.75, 3.05) is 26.4 Å². The number of unbranched alkanes of at least 4 members (excludes halogenated alkanes) is 7. The van der Waals surface area contributed by atoms with Gasteiger partial charge in [-0.25, -0.2) is 4.57 Å². The first-order chi connectivity index (χ1) is 26.3. The van der Waals surface area contributed by atoms with Crippen LogP contribution in [0.1, 0.15) is 136 Å². The highest BCUT2D eigenvalue weighted by Gasteiger charge is 2.23. The molecule has 9 nitrogen and oxygen atoms in total. The Balaban J connectivity index is 3.77. The maximum Gasteiger partial charge on any atom is 0.472 e. The fraction of sp³-hybridized carbons (Fsp3) is 0.591. The van der Waals surface area contributed by atoms with E-state index >= 15 is 0 Å². The third kappa shape index (κ3) is 40.1. The minimum atomic E-state index is -4.43. The summed E-state index contributed by atoms with van der Waals surface area (Å²) in [6.07, 6.45) is 50.7. The number of carbonyl (C=O) groups excluding carboxylic acids is 2. The lowest BCUT2D eigenvalue weighted by Gasteiger charge is -2.15. The molecule has 54 heavy (non-hydrogen) atoms. The van der Waals surface area contributed by atoms with Gasteiger partial charge >= 0.3 is 13.8 Å². The number of hydrogen-bond acceptors (Lipinski definition) is 7. The Hall–Kier alpha value is -3.07. The molecule has 0 aromatic carbocycles. The molecule has 0 aromatic heterocycles. The molecule has 306 valence electrons. The van der Waals surface area contributed by atoms with E-state index in [2.05, 4.69) is 110 Å². The summed E-state index contributed by atoms with van der Waals surface area (Å²) < 4.78 is 26.7. The van der Waals surface area contributed by atoms with Gasteiger partial charge in [-0.1, -0.05) is 137 Å². The van der Waals surface area contributed by atoms with Crippen LogP contribution < -0.4 is 5.32 Å². The summed E-state index contributed by atoms with van der Waals surface area (Å²) in [5, 5.41) is 12.6. The minimum absolute atomic E-state index is 0.0642. The van der Waals surface area contributed by atoms with Crippen LogP contribution >= 0.6 is 7.82 Å². The number of phosphoric ester groups is 1. The third-order valence-corrected chi connectivity index (χ3v) is 8.71. The number of ether oxygens (including phenoxy) is 1. The number of esters is 1. The van der Waals surface area contributed by atoms with Crippen LogP contribution in [0.4, 0.5) is 0 Å². The SMILES string of the molecule is CC/C=C\C/C=C\C/C=C\C/C=C\C/C=C\C/C=C\C/C=C\CCCC(=O)OCC(O)COP(=O)(O)OCCNC(=O)CCCCCCC/C=C\CCC. The van der Waals surface area contributed by atoms with Gasteiger partial charge in [0.15, 0.2) is 0 Å². The number of phosphoric acid groups is 1. The molecular weight excluding hydrogens is 701 g/mol. The van der Waals surface area contributed by atoms with Crippen LogP contribution in [-0.2, 0) is 27.9 Å². The minimum Gasteiger partial charge on any atom is -0.463 e. The zero-order chi connectivity index (χ0) is 39.6. The molecule has 0 aromatic rings. The predicted molar refractivity (Wildman–Crippen MR) is 224 cm³/mol. The molecule has 2 atom stereocenters. The van der Waals surface area contributed by atoms with Crippen LogP contribution in [0.15, 0.2) is 97.2 Å². The van der Waals surface area contributed by atoms with Crippen molar-refractivity contribution in [3.63, 3.8) is 0 Å². The number of allylic oxidation sites excluding steroid dienone is 16. The van der Waals surface area contributed by atoms with E-state index < -0.39 is 26.5 Å². The van der Waals surface area contributed by atoms with E-state index in [1.807, 2.05) is 6.08 Å². The van der Waals surface area contributed by atoms with E-state index in [-0.39, 0.29) is 32.1 Å². The van der Waals surface area contributed by atoms with Gasteiger partial charge in [-0.2, -0.15) is 0 Å². The molecule has 0 fully saturated rings. The molecule has 2 unspecified atom stereocenters.